The zero-order valence-corrected chi connectivity index (χ0v) is 14.5. The SMILES string of the molecule is COC(=O)c1ccc(OCCN(Cc2ccccc2)C(=O)C(F)(F)F)cc1. The van der Waals surface area contributed by atoms with Gasteiger partial charge in [-0.05, 0) is 29.8 Å². The molecule has 0 atom stereocenters. The average Bonchev–Trinajstić information content (AvgIpc) is 2.66. The standard InChI is InChI=1S/C19H18F3NO4/c1-26-17(24)15-7-9-16(10-8-15)27-12-11-23(18(25)19(20,21)22)13-14-5-3-2-4-6-14/h2-10H,11-13H2,1H3. The highest BCUT2D eigenvalue weighted by Gasteiger charge is 2.42. The maximum absolute atomic E-state index is 12.8. The van der Waals surface area contributed by atoms with Gasteiger partial charge in [0.1, 0.15) is 12.4 Å². The van der Waals surface area contributed by atoms with Crippen LogP contribution in [0.5, 0.6) is 5.75 Å². The van der Waals surface area contributed by atoms with Crippen molar-refractivity contribution in [3.05, 3.63) is 65.7 Å². The number of hydrogen-bond donors (Lipinski definition) is 0. The molecule has 0 bridgehead atoms. The molecule has 0 aliphatic carbocycles. The number of hydrogen-bond acceptors (Lipinski definition) is 4. The van der Waals surface area contributed by atoms with E-state index in [1.54, 1.807) is 30.3 Å². The number of halogens is 3. The predicted octanol–water partition coefficient (Wildman–Crippen LogP) is 3.44. The van der Waals surface area contributed by atoms with Crippen molar-refractivity contribution in [1.29, 1.82) is 0 Å². The summed E-state index contributed by atoms with van der Waals surface area (Å²) in [4.78, 5) is 23.7. The molecule has 0 fully saturated rings. The molecule has 8 heteroatoms. The highest BCUT2D eigenvalue weighted by molar-refractivity contribution is 5.89. The Hall–Kier alpha value is -3.03. The van der Waals surface area contributed by atoms with Gasteiger partial charge in [0.25, 0.3) is 0 Å². The molecule has 0 radical (unpaired) electrons. The molecule has 2 aromatic carbocycles. The molecule has 0 heterocycles. The summed E-state index contributed by atoms with van der Waals surface area (Å²) in [5, 5.41) is 0. The Balaban J connectivity index is 1.98. The predicted molar refractivity (Wildman–Crippen MR) is 91.2 cm³/mol. The molecule has 1 amide bonds. The Kier molecular flexibility index (Phi) is 6.81. The number of nitrogens with zero attached hydrogens (tertiary/aromatic N) is 1. The molecule has 0 spiro atoms. The van der Waals surface area contributed by atoms with Crippen molar-refractivity contribution in [1.82, 2.24) is 4.90 Å². The Bertz CT molecular complexity index is 761. The molecule has 0 aliphatic heterocycles. The van der Waals surface area contributed by atoms with Crippen LogP contribution in [-0.4, -0.2) is 43.2 Å². The molecule has 0 saturated carbocycles. The van der Waals surface area contributed by atoms with Gasteiger partial charge in [0, 0.05) is 6.54 Å². The normalized spacial score (nSPS) is 11.0. The first-order chi connectivity index (χ1) is 12.8. The Morgan fingerprint density at radius 2 is 1.63 bits per heavy atom. The molecule has 144 valence electrons. The van der Waals surface area contributed by atoms with Crippen molar-refractivity contribution in [3.63, 3.8) is 0 Å². The number of esters is 1. The highest BCUT2D eigenvalue weighted by atomic mass is 19.4. The van der Waals surface area contributed by atoms with E-state index >= 15 is 0 Å². The summed E-state index contributed by atoms with van der Waals surface area (Å²) >= 11 is 0. The van der Waals surface area contributed by atoms with Crippen LogP contribution < -0.4 is 4.74 Å². The van der Waals surface area contributed by atoms with Gasteiger partial charge in [0.2, 0.25) is 0 Å². The highest BCUT2D eigenvalue weighted by Crippen LogP contribution is 2.20. The molecule has 2 aromatic rings. The van der Waals surface area contributed by atoms with Crippen molar-refractivity contribution in [3.8, 4) is 5.75 Å². The summed E-state index contributed by atoms with van der Waals surface area (Å²) in [6.45, 7) is -0.554. The largest absolute Gasteiger partial charge is 0.492 e. The summed E-state index contributed by atoms with van der Waals surface area (Å²) in [7, 11) is 1.26. The third-order valence-electron chi connectivity index (χ3n) is 3.65. The van der Waals surface area contributed by atoms with E-state index < -0.39 is 18.1 Å². The van der Waals surface area contributed by atoms with E-state index in [0.717, 1.165) is 0 Å². The lowest BCUT2D eigenvalue weighted by molar-refractivity contribution is -0.186. The molecule has 5 nitrogen and oxygen atoms in total. The van der Waals surface area contributed by atoms with E-state index in [0.29, 0.717) is 21.8 Å². The molecule has 2 rings (SSSR count). The smallest absolute Gasteiger partial charge is 0.471 e. The molecule has 27 heavy (non-hydrogen) atoms. The lowest BCUT2D eigenvalue weighted by atomic mass is 10.2. The summed E-state index contributed by atoms with van der Waals surface area (Å²) < 4.78 is 48.5. The molecule has 0 N–H and O–H groups in total. The van der Waals surface area contributed by atoms with Gasteiger partial charge < -0.3 is 14.4 Å². The number of alkyl halides is 3. The molecule has 0 aliphatic rings. The zero-order valence-electron chi connectivity index (χ0n) is 14.5. The van der Waals surface area contributed by atoms with Crippen LogP contribution in [0.15, 0.2) is 54.6 Å². The van der Waals surface area contributed by atoms with Gasteiger partial charge >= 0.3 is 18.1 Å². The monoisotopic (exact) mass is 381 g/mol. The number of ether oxygens (including phenoxy) is 2. The fourth-order valence-corrected chi connectivity index (χ4v) is 2.31. The first-order valence-electron chi connectivity index (χ1n) is 8.02. The maximum Gasteiger partial charge on any atom is 0.471 e. The topological polar surface area (TPSA) is 55.8 Å². The van der Waals surface area contributed by atoms with E-state index in [9.17, 15) is 22.8 Å². The summed E-state index contributed by atoms with van der Waals surface area (Å²) in [6.07, 6.45) is -4.96. The molecule has 0 saturated heterocycles. The first-order valence-corrected chi connectivity index (χ1v) is 8.02. The summed E-state index contributed by atoms with van der Waals surface area (Å²) in [5.74, 6) is -2.07. The van der Waals surface area contributed by atoms with Crippen molar-refractivity contribution in [2.75, 3.05) is 20.3 Å². The quantitative estimate of drug-likeness (QED) is 0.690. The number of carbonyl (C=O) groups is 2. The second-order valence-corrected chi connectivity index (χ2v) is 5.57. The lowest BCUT2D eigenvalue weighted by Crippen LogP contribution is -2.42. The van der Waals surface area contributed by atoms with E-state index in [1.165, 1.54) is 31.4 Å². The van der Waals surface area contributed by atoms with Crippen molar-refractivity contribution >= 4 is 11.9 Å². The second-order valence-electron chi connectivity index (χ2n) is 5.57. The molecular weight excluding hydrogens is 363 g/mol. The van der Waals surface area contributed by atoms with Crippen LogP contribution in [0.1, 0.15) is 15.9 Å². The third-order valence-corrected chi connectivity index (χ3v) is 3.65. The van der Waals surface area contributed by atoms with Gasteiger partial charge in [-0.25, -0.2) is 4.79 Å². The van der Waals surface area contributed by atoms with Crippen LogP contribution in [0.3, 0.4) is 0 Å². The van der Waals surface area contributed by atoms with Gasteiger partial charge in [-0.15, -0.1) is 0 Å². The van der Waals surface area contributed by atoms with Gasteiger partial charge in [0.05, 0.1) is 19.2 Å². The van der Waals surface area contributed by atoms with Crippen LogP contribution in [-0.2, 0) is 16.1 Å². The number of amides is 1. The van der Waals surface area contributed by atoms with E-state index in [4.69, 9.17) is 4.74 Å². The third kappa shape index (κ3) is 6.02. The molecular formula is C19H18F3NO4. The van der Waals surface area contributed by atoms with Crippen molar-refractivity contribution < 1.29 is 32.2 Å². The van der Waals surface area contributed by atoms with Crippen molar-refractivity contribution in [2.45, 2.75) is 12.7 Å². The maximum atomic E-state index is 12.8. The van der Waals surface area contributed by atoms with Crippen LogP contribution in [0, 0.1) is 0 Å². The fourth-order valence-electron chi connectivity index (χ4n) is 2.31. The molecule has 0 aromatic heterocycles. The Labute approximate surface area is 154 Å². The minimum Gasteiger partial charge on any atom is -0.492 e. The number of benzene rings is 2. The summed E-state index contributed by atoms with van der Waals surface area (Å²) in [6, 6.07) is 14.3. The minimum atomic E-state index is -4.96. The second kappa shape index (κ2) is 9.07. The van der Waals surface area contributed by atoms with E-state index in [1.807, 2.05) is 0 Å². The van der Waals surface area contributed by atoms with Gasteiger partial charge in [-0.1, -0.05) is 30.3 Å². The zero-order chi connectivity index (χ0) is 19.9. The molecule has 0 unspecified atom stereocenters. The Morgan fingerprint density at radius 1 is 1.00 bits per heavy atom. The average molecular weight is 381 g/mol. The van der Waals surface area contributed by atoms with Crippen molar-refractivity contribution in [2.24, 2.45) is 0 Å². The fraction of sp³-hybridized carbons (Fsp3) is 0.263. The van der Waals surface area contributed by atoms with Crippen LogP contribution in [0.4, 0.5) is 13.2 Å². The van der Waals surface area contributed by atoms with E-state index in [-0.39, 0.29) is 19.7 Å². The van der Waals surface area contributed by atoms with Crippen LogP contribution in [0.25, 0.3) is 0 Å². The van der Waals surface area contributed by atoms with Gasteiger partial charge in [-0.2, -0.15) is 13.2 Å². The Morgan fingerprint density at radius 3 is 2.19 bits per heavy atom. The van der Waals surface area contributed by atoms with E-state index in [2.05, 4.69) is 4.74 Å². The minimum absolute atomic E-state index is 0.133. The van der Waals surface area contributed by atoms with Crippen LogP contribution in [0.2, 0.25) is 0 Å². The number of carbonyl (C=O) groups excluding carboxylic acids is 2. The number of methoxy groups -OCH3 is 1. The lowest BCUT2D eigenvalue weighted by Gasteiger charge is -2.24. The first kappa shape index (κ1) is 20.3. The van der Waals surface area contributed by atoms with Crippen LogP contribution >= 0.6 is 0 Å². The van der Waals surface area contributed by atoms with Gasteiger partial charge in [-0.3, -0.25) is 4.79 Å². The number of rotatable bonds is 7. The summed E-state index contributed by atoms with van der Waals surface area (Å²) in [5.41, 5.74) is 0.903. The van der Waals surface area contributed by atoms with Gasteiger partial charge in [0.15, 0.2) is 0 Å².